The summed E-state index contributed by atoms with van der Waals surface area (Å²) >= 11 is 3.12. The molecular weight excluding hydrogens is 315 g/mol. The van der Waals surface area contributed by atoms with Crippen LogP contribution < -0.4 is 10.6 Å². The first-order chi connectivity index (χ1) is 9.19. The number of rotatable bonds is 6. The van der Waals surface area contributed by atoms with Gasteiger partial charge in [-0.05, 0) is 47.1 Å². The van der Waals surface area contributed by atoms with Crippen LogP contribution in [0.2, 0.25) is 0 Å². The van der Waals surface area contributed by atoms with Crippen LogP contribution in [0.3, 0.4) is 0 Å². The molecule has 0 fully saturated rings. The second kappa shape index (κ2) is 6.63. The van der Waals surface area contributed by atoms with Crippen molar-refractivity contribution in [2.45, 2.75) is 19.9 Å². The molecule has 0 saturated heterocycles. The van der Waals surface area contributed by atoms with Crippen LogP contribution in [0.15, 0.2) is 27.1 Å². The molecule has 1 heterocycles. The third-order valence-electron chi connectivity index (χ3n) is 2.34. The molecule has 2 rings (SSSR count). The van der Waals surface area contributed by atoms with E-state index >= 15 is 0 Å². The lowest BCUT2D eigenvalue weighted by atomic mass is 10.3. The molecule has 0 aliphatic heterocycles. The lowest BCUT2D eigenvalue weighted by Gasteiger charge is -2.02. The average molecular weight is 329 g/mol. The summed E-state index contributed by atoms with van der Waals surface area (Å²) in [6.07, 6.45) is 1.04. The molecule has 0 unspecified atom stereocenters. The molecule has 7 heteroatoms. The lowest BCUT2D eigenvalue weighted by molar-refractivity contribution is 0.479. The smallest absolute Gasteiger partial charge is 0.320 e. The fourth-order valence-corrected chi connectivity index (χ4v) is 1.82. The Morgan fingerprint density at radius 1 is 1.37 bits per heavy atom. The highest BCUT2D eigenvalue weighted by molar-refractivity contribution is 9.10. The van der Waals surface area contributed by atoms with Gasteiger partial charge in [0.05, 0.1) is 11.0 Å². The Balaban J connectivity index is 1.97. The minimum Gasteiger partial charge on any atom is -0.406 e. The van der Waals surface area contributed by atoms with Crippen molar-refractivity contribution in [3.63, 3.8) is 0 Å². The Morgan fingerprint density at radius 2 is 2.21 bits per heavy atom. The molecule has 2 aromatic rings. The minimum absolute atomic E-state index is 0.284. The summed E-state index contributed by atoms with van der Waals surface area (Å²) in [5.74, 6) is 0.192. The monoisotopic (exact) mass is 328 g/mol. The van der Waals surface area contributed by atoms with Gasteiger partial charge >= 0.3 is 6.01 Å². The van der Waals surface area contributed by atoms with Gasteiger partial charge in [0.15, 0.2) is 0 Å². The maximum atomic E-state index is 13.1. The van der Waals surface area contributed by atoms with E-state index in [2.05, 4.69) is 43.7 Å². The predicted octanol–water partition coefficient (Wildman–Crippen LogP) is 3.21. The van der Waals surface area contributed by atoms with Gasteiger partial charge in [0.25, 0.3) is 0 Å². The molecule has 19 heavy (non-hydrogen) atoms. The normalized spacial score (nSPS) is 10.7. The molecule has 0 atom stereocenters. The first kappa shape index (κ1) is 14.0. The van der Waals surface area contributed by atoms with E-state index < -0.39 is 0 Å². The molecular formula is C12H14BrFN4O. The van der Waals surface area contributed by atoms with E-state index in [-0.39, 0.29) is 11.8 Å². The van der Waals surface area contributed by atoms with Crippen LogP contribution in [0.1, 0.15) is 19.2 Å². The Bertz CT molecular complexity index is 546. The van der Waals surface area contributed by atoms with Crippen LogP contribution in [-0.4, -0.2) is 16.7 Å². The van der Waals surface area contributed by atoms with Crippen LogP contribution in [0.25, 0.3) is 0 Å². The van der Waals surface area contributed by atoms with Gasteiger partial charge in [0.1, 0.15) is 5.82 Å². The van der Waals surface area contributed by atoms with Crippen molar-refractivity contribution in [2.75, 3.05) is 11.9 Å². The van der Waals surface area contributed by atoms with E-state index in [9.17, 15) is 4.39 Å². The maximum Gasteiger partial charge on any atom is 0.320 e. The van der Waals surface area contributed by atoms with Crippen LogP contribution in [0.4, 0.5) is 16.1 Å². The number of aromatic nitrogens is 2. The third-order valence-corrected chi connectivity index (χ3v) is 2.95. The van der Waals surface area contributed by atoms with E-state index in [1.54, 1.807) is 12.1 Å². The SMILES string of the molecule is CCCNCc1nnc(Nc2ccc(F)c(Br)c2)o1. The van der Waals surface area contributed by atoms with Gasteiger partial charge in [-0.15, -0.1) is 5.10 Å². The molecule has 0 saturated carbocycles. The number of nitrogens with one attached hydrogen (secondary N) is 2. The van der Waals surface area contributed by atoms with Gasteiger partial charge in [0, 0.05) is 5.69 Å². The molecule has 0 aliphatic carbocycles. The summed E-state index contributed by atoms with van der Waals surface area (Å²) in [6, 6.07) is 4.84. The molecule has 1 aromatic carbocycles. The summed E-state index contributed by atoms with van der Waals surface area (Å²) in [5, 5.41) is 13.8. The van der Waals surface area contributed by atoms with Crippen molar-refractivity contribution >= 4 is 27.6 Å². The highest BCUT2D eigenvalue weighted by Crippen LogP contribution is 2.22. The fourth-order valence-electron chi connectivity index (χ4n) is 1.45. The zero-order valence-electron chi connectivity index (χ0n) is 10.4. The van der Waals surface area contributed by atoms with Crippen molar-refractivity contribution in [1.82, 2.24) is 15.5 Å². The number of halogens is 2. The summed E-state index contributed by atoms with van der Waals surface area (Å²) in [5.41, 5.74) is 0.671. The number of hydrogen-bond donors (Lipinski definition) is 2. The zero-order chi connectivity index (χ0) is 13.7. The molecule has 0 bridgehead atoms. The van der Waals surface area contributed by atoms with Crippen LogP contribution in [0, 0.1) is 5.82 Å². The van der Waals surface area contributed by atoms with Gasteiger partial charge in [-0.25, -0.2) is 4.39 Å². The zero-order valence-corrected chi connectivity index (χ0v) is 12.0. The Morgan fingerprint density at radius 3 is 2.95 bits per heavy atom. The molecule has 0 aliphatic rings. The maximum absolute atomic E-state index is 13.1. The van der Waals surface area contributed by atoms with Crippen molar-refractivity contribution in [2.24, 2.45) is 0 Å². The Hall–Kier alpha value is -1.47. The highest BCUT2D eigenvalue weighted by Gasteiger charge is 2.07. The largest absolute Gasteiger partial charge is 0.406 e. The number of hydrogen-bond acceptors (Lipinski definition) is 5. The van der Waals surface area contributed by atoms with E-state index in [1.807, 2.05) is 0 Å². The van der Waals surface area contributed by atoms with Crippen molar-refractivity contribution in [1.29, 1.82) is 0 Å². The van der Waals surface area contributed by atoms with E-state index in [0.29, 0.717) is 22.6 Å². The molecule has 5 nitrogen and oxygen atoms in total. The summed E-state index contributed by atoms with van der Waals surface area (Å²) in [6.45, 7) is 3.52. The first-order valence-corrected chi connectivity index (χ1v) is 6.73. The fraction of sp³-hybridized carbons (Fsp3) is 0.333. The molecule has 0 spiro atoms. The number of anilines is 2. The molecule has 1 aromatic heterocycles. The summed E-state index contributed by atoms with van der Waals surface area (Å²) in [7, 11) is 0. The van der Waals surface area contributed by atoms with Gasteiger partial charge in [0.2, 0.25) is 5.89 Å². The number of benzene rings is 1. The van der Waals surface area contributed by atoms with Gasteiger partial charge < -0.3 is 15.1 Å². The van der Waals surface area contributed by atoms with Crippen molar-refractivity contribution in [3.8, 4) is 0 Å². The number of nitrogens with zero attached hydrogens (tertiary/aromatic N) is 2. The first-order valence-electron chi connectivity index (χ1n) is 5.94. The van der Waals surface area contributed by atoms with Gasteiger partial charge in [-0.1, -0.05) is 12.0 Å². The predicted molar refractivity (Wildman–Crippen MR) is 73.7 cm³/mol. The quantitative estimate of drug-likeness (QED) is 0.797. The van der Waals surface area contributed by atoms with Gasteiger partial charge in [-0.3, -0.25) is 0 Å². The van der Waals surface area contributed by atoms with Crippen LogP contribution >= 0.6 is 15.9 Å². The second-order valence-corrected chi connectivity index (χ2v) is 4.79. The Labute approximate surface area is 118 Å². The molecule has 102 valence electrons. The molecule has 0 amide bonds. The van der Waals surface area contributed by atoms with Crippen LogP contribution in [-0.2, 0) is 6.54 Å². The lowest BCUT2D eigenvalue weighted by Crippen LogP contribution is -2.13. The van der Waals surface area contributed by atoms with Crippen LogP contribution in [0.5, 0.6) is 0 Å². The van der Waals surface area contributed by atoms with Gasteiger partial charge in [-0.2, -0.15) is 0 Å². The second-order valence-electron chi connectivity index (χ2n) is 3.93. The summed E-state index contributed by atoms with van der Waals surface area (Å²) in [4.78, 5) is 0. The average Bonchev–Trinajstić information content (AvgIpc) is 2.82. The highest BCUT2D eigenvalue weighted by atomic mass is 79.9. The Kier molecular flexibility index (Phi) is 4.86. The minimum atomic E-state index is -0.319. The van der Waals surface area contributed by atoms with E-state index in [4.69, 9.17) is 4.42 Å². The molecule has 0 radical (unpaired) electrons. The molecule has 2 N–H and O–H groups in total. The topological polar surface area (TPSA) is 63.0 Å². The summed E-state index contributed by atoms with van der Waals surface area (Å²) < 4.78 is 18.9. The van der Waals surface area contributed by atoms with E-state index in [0.717, 1.165) is 13.0 Å². The van der Waals surface area contributed by atoms with Crippen molar-refractivity contribution < 1.29 is 8.81 Å². The van der Waals surface area contributed by atoms with Crippen molar-refractivity contribution in [3.05, 3.63) is 34.4 Å². The standard InChI is InChI=1S/C12H14BrFN4O/c1-2-5-15-7-11-17-18-12(19-11)16-8-3-4-10(14)9(13)6-8/h3-4,6,15H,2,5,7H2,1H3,(H,16,18). The third kappa shape index (κ3) is 4.00. The van der Waals surface area contributed by atoms with E-state index in [1.165, 1.54) is 6.07 Å².